The summed E-state index contributed by atoms with van der Waals surface area (Å²) >= 11 is 12.9. The Morgan fingerprint density at radius 1 is 1.13 bits per heavy atom. The van der Waals surface area contributed by atoms with Crippen molar-refractivity contribution in [1.29, 1.82) is 0 Å². The van der Waals surface area contributed by atoms with Gasteiger partial charge in [-0.1, -0.05) is 94.6 Å². The van der Waals surface area contributed by atoms with Gasteiger partial charge in [0.25, 0.3) is 0 Å². The van der Waals surface area contributed by atoms with Gasteiger partial charge >= 0.3 is 6.09 Å². The van der Waals surface area contributed by atoms with Crippen molar-refractivity contribution in [2.45, 2.75) is 90.9 Å². The number of aromatic amines is 1. The number of nitrogens with zero attached hydrogens (tertiary/aromatic N) is 1. The van der Waals surface area contributed by atoms with E-state index in [4.69, 9.17) is 28.9 Å². The van der Waals surface area contributed by atoms with Gasteiger partial charge in [-0.2, -0.15) is 0 Å². The van der Waals surface area contributed by atoms with Crippen LogP contribution in [0.1, 0.15) is 70.7 Å². The molecular weight excluding hydrogens is 629 g/mol. The van der Waals surface area contributed by atoms with E-state index in [9.17, 15) is 24.3 Å². The van der Waals surface area contributed by atoms with Gasteiger partial charge in [-0.05, 0) is 53.9 Å². The third-order valence-corrected chi connectivity index (χ3v) is 10.1. The Morgan fingerprint density at radius 3 is 2.39 bits per heavy atom. The first kappa shape index (κ1) is 35.1. The van der Waals surface area contributed by atoms with Crippen LogP contribution in [0.25, 0.3) is 10.9 Å². The molecular formula is C34H43Cl2N5O5. The Bertz CT molecular complexity index is 1620. The molecule has 0 bridgehead atoms. The minimum atomic E-state index is -1.55. The quantitative estimate of drug-likeness (QED) is 0.164. The average molecular weight is 673 g/mol. The molecule has 1 unspecified atom stereocenters. The van der Waals surface area contributed by atoms with E-state index in [1.54, 1.807) is 36.4 Å². The van der Waals surface area contributed by atoms with Gasteiger partial charge in [-0.25, -0.2) is 4.79 Å². The van der Waals surface area contributed by atoms with Crippen LogP contribution < -0.4 is 16.4 Å². The van der Waals surface area contributed by atoms with Gasteiger partial charge < -0.3 is 26.5 Å². The molecule has 0 saturated heterocycles. The van der Waals surface area contributed by atoms with Crippen LogP contribution in [0.3, 0.4) is 0 Å². The minimum Gasteiger partial charge on any atom is -0.465 e. The maximum Gasteiger partial charge on any atom is 0.408 e. The number of halogens is 2. The predicted molar refractivity (Wildman–Crippen MR) is 180 cm³/mol. The molecule has 0 fully saturated rings. The van der Waals surface area contributed by atoms with Crippen LogP contribution in [-0.2, 0) is 33.8 Å². The van der Waals surface area contributed by atoms with E-state index in [1.807, 2.05) is 40.7 Å². The van der Waals surface area contributed by atoms with Crippen LogP contribution in [0.4, 0.5) is 4.79 Å². The van der Waals surface area contributed by atoms with Gasteiger partial charge in [0, 0.05) is 29.1 Å². The highest BCUT2D eigenvalue weighted by molar-refractivity contribution is 6.38. The van der Waals surface area contributed by atoms with Crippen LogP contribution in [-0.4, -0.2) is 56.4 Å². The summed E-state index contributed by atoms with van der Waals surface area (Å²) < 4.78 is 0. The first-order valence-corrected chi connectivity index (χ1v) is 16.3. The highest BCUT2D eigenvalue weighted by Gasteiger charge is 2.49. The lowest BCUT2D eigenvalue weighted by atomic mass is 9.76. The SMILES string of the molecule is CC[C@H](C)[C@H](NC(=O)[C@@]1(NC(=O)C(N(Cc2ccccc2)C(=O)O)C(C)(C)CC)CCc2[nH]c3c(Cl)cc(Cl)cc3c2C1)C(N)=O. The molecule has 0 spiro atoms. The monoisotopic (exact) mass is 671 g/mol. The summed E-state index contributed by atoms with van der Waals surface area (Å²) in [6.07, 6.45) is 0.382. The second-order valence-electron chi connectivity index (χ2n) is 13.0. The molecule has 3 aromatic rings. The fourth-order valence-electron chi connectivity index (χ4n) is 6.30. The van der Waals surface area contributed by atoms with Crippen LogP contribution in [0.5, 0.6) is 0 Å². The van der Waals surface area contributed by atoms with Crippen LogP contribution in [0.2, 0.25) is 10.0 Å². The van der Waals surface area contributed by atoms with Crippen molar-refractivity contribution in [1.82, 2.24) is 20.5 Å². The topological polar surface area (TPSA) is 158 Å². The highest BCUT2D eigenvalue weighted by atomic mass is 35.5. The largest absolute Gasteiger partial charge is 0.465 e. The first-order valence-electron chi connectivity index (χ1n) is 15.6. The van der Waals surface area contributed by atoms with Crippen molar-refractivity contribution in [2.24, 2.45) is 17.1 Å². The molecule has 0 radical (unpaired) electrons. The van der Waals surface area contributed by atoms with Crippen molar-refractivity contribution in [3.63, 3.8) is 0 Å². The number of nitrogens with one attached hydrogen (secondary N) is 3. The molecule has 2 aromatic carbocycles. The van der Waals surface area contributed by atoms with Crippen molar-refractivity contribution in [3.05, 3.63) is 69.3 Å². The molecule has 0 aliphatic heterocycles. The van der Waals surface area contributed by atoms with Gasteiger partial charge in [-0.15, -0.1) is 0 Å². The summed E-state index contributed by atoms with van der Waals surface area (Å²) in [6, 6.07) is 10.3. The number of aryl methyl sites for hydroxylation is 1. The van der Waals surface area contributed by atoms with Crippen molar-refractivity contribution in [2.75, 3.05) is 0 Å². The molecule has 46 heavy (non-hydrogen) atoms. The minimum absolute atomic E-state index is 0.0295. The first-order chi connectivity index (χ1) is 21.6. The van der Waals surface area contributed by atoms with Gasteiger partial charge in [0.2, 0.25) is 17.7 Å². The van der Waals surface area contributed by atoms with Crippen molar-refractivity contribution < 1.29 is 24.3 Å². The molecule has 4 rings (SSSR count). The lowest BCUT2D eigenvalue weighted by Gasteiger charge is -2.43. The summed E-state index contributed by atoms with van der Waals surface area (Å²) in [5.41, 5.74) is 6.35. The number of amides is 4. The average Bonchev–Trinajstić information content (AvgIpc) is 3.37. The molecule has 10 nitrogen and oxygen atoms in total. The Morgan fingerprint density at radius 2 is 1.80 bits per heavy atom. The third-order valence-electron chi connectivity index (χ3n) is 9.56. The van der Waals surface area contributed by atoms with E-state index >= 15 is 0 Å². The van der Waals surface area contributed by atoms with E-state index < -0.39 is 46.9 Å². The van der Waals surface area contributed by atoms with E-state index in [0.717, 1.165) is 21.7 Å². The lowest BCUT2D eigenvalue weighted by molar-refractivity contribution is -0.140. The summed E-state index contributed by atoms with van der Waals surface area (Å²) in [4.78, 5) is 58.7. The van der Waals surface area contributed by atoms with Gasteiger partial charge in [0.15, 0.2) is 0 Å². The summed E-state index contributed by atoms with van der Waals surface area (Å²) in [7, 11) is 0. The maximum absolute atomic E-state index is 14.6. The summed E-state index contributed by atoms with van der Waals surface area (Å²) in [5.74, 6) is -2.13. The predicted octanol–water partition coefficient (Wildman–Crippen LogP) is 5.82. The fourth-order valence-corrected chi connectivity index (χ4v) is 6.84. The molecule has 1 aliphatic rings. The number of carbonyl (C=O) groups excluding carboxylic acids is 3. The fraction of sp³-hybridized carbons (Fsp3) is 0.471. The van der Waals surface area contributed by atoms with Gasteiger partial charge in [-0.3, -0.25) is 19.3 Å². The normalized spacial score (nSPS) is 18.2. The Hall–Kier alpha value is -3.76. The van der Waals surface area contributed by atoms with E-state index in [1.165, 1.54) is 0 Å². The number of carbonyl (C=O) groups is 4. The van der Waals surface area contributed by atoms with Gasteiger partial charge in [0.05, 0.1) is 10.5 Å². The van der Waals surface area contributed by atoms with E-state index in [0.29, 0.717) is 40.2 Å². The summed E-state index contributed by atoms with van der Waals surface area (Å²) in [5, 5.41) is 17.8. The number of carboxylic acid groups (broad SMARTS) is 1. The molecule has 0 saturated carbocycles. The zero-order valence-electron chi connectivity index (χ0n) is 26.9. The Balaban J connectivity index is 1.82. The van der Waals surface area contributed by atoms with Crippen LogP contribution >= 0.6 is 23.2 Å². The number of aromatic nitrogens is 1. The molecule has 4 amide bonds. The molecule has 4 atom stereocenters. The van der Waals surface area contributed by atoms with Crippen LogP contribution in [0, 0.1) is 11.3 Å². The maximum atomic E-state index is 14.6. The van der Waals surface area contributed by atoms with E-state index in [2.05, 4.69) is 15.6 Å². The molecule has 1 heterocycles. The Kier molecular flexibility index (Phi) is 10.6. The summed E-state index contributed by atoms with van der Waals surface area (Å²) in [6.45, 7) is 9.23. The number of primary amides is 1. The third kappa shape index (κ3) is 7.13. The second kappa shape index (κ2) is 13.9. The highest BCUT2D eigenvalue weighted by Crippen LogP contribution is 2.39. The lowest BCUT2D eigenvalue weighted by Crippen LogP contribution is -2.68. The van der Waals surface area contributed by atoms with E-state index in [-0.39, 0.29) is 25.3 Å². The molecule has 12 heteroatoms. The number of hydrogen-bond acceptors (Lipinski definition) is 4. The molecule has 248 valence electrons. The smallest absolute Gasteiger partial charge is 0.408 e. The zero-order chi connectivity index (χ0) is 34.0. The zero-order valence-corrected chi connectivity index (χ0v) is 28.4. The van der Waals surface area contributed by atoms with Gasteiger partial charge in [0.1, 0.15) is 17.6 Å². The molecule has 1 aliphatic carbocycles. The van der Waals surface area contributed by atoms with Crippen LogP contribution in [0.15, 0.2) is 42.5 Å². The Labute approximate surface area is 279 Å². The number of nitrogens with two attached hydrogens (primary N) is 1. The van der Waals surface area contributed by atoms with Crippen molar-refractivity contribution in [3.8, 4) is 0 Å². The van der Waals surface area contributed by atoms with Crippen molar-refractivity contribution >= 4 is 57.9 Å². The number of H-pyrrole nitrogens is 1. The standard InChI is InChI=1S/C34H43Cl2N5O5/c1-6-19(3)26(29(37)42)39-31(44)34(14-13-25-23(17-34)22-15-21(35)16-24(36)27(22)38-25)40-30(43)28(33(4,5)7-2)41(32(45)46)18-20-11-9-8-10-12-20/h8-12,15-16,19,26,28,38H,6-7,13-14,17-18H2,1-5H3,(H2,37,42)(H,39,44)(H,40,43)(H,45,46)/t19-,26-,28?,34+/m0/s1. The number of hydrogen-bond donors (Lipinski definition) is 5. The second-order valence-corrected chi connectivity index (χ2v) is 13.9. The molecule has 6 N–H and O–H groups in total. The molecule has 1 aromatic heterocycles. The number of rotatable bonds is 12. The number of benzene rings is 2. The number of fused-ring (bicyclic) bond motifs is 3.